The summed E-state index contributed by atoms with van der Waals surface area (Å²) in [6.07, 6.45) is 0.763. The van der Waals surface area contributed by atoms with Gasteiger partial charge in [-0.25, -0.2) is 0 Å². The third-order valence-electron chi connectivity index (χ3n) is 3.42. The SMILES string of the molecule is COc1ccccc1CNCC(=O)NCCc1cccc(Cl)c1. The lowest BCUT2D eigenvalue weighted by Gasteiger charge is -2.10. The van der Waals surface area contributed by atoms with Crippen molar-refractivity contribution in [2.75, 3.05) is 20.2 Å². The van der Waals surface area contributed by atoms with Crippen molar-refractivity contribution < 1.29 is 9.53 Å². The van der Waals surface area contributed by atoms with Crippen LogP contribution in [0, 0.1) is 0 Å². The zero-order valence-electron chi connectivity index (χ0n) is 13.1. The Hall–Kier alpha value is -2.04. The lowest BCUT2D eigenvalue weighted by atomic mass is 10.1. The van der Waals surface area contributed by atoms with Gasteiger partial charge in [-0.3, -0.25) is 4.79 Å². The van der Waals surface area contributed by atoms with Crippen molar-refractivity contribution in [2.45, 2.75) is 13.0 Å². The Morgan fingerprint density at radius 1 is 1.17 bits per heavy atom. The van der Waals surface area contributed by atoms with Crippen LogP contribution < -0.4 is 15.4 Å². The highest BCUT2D eigenvalue weighted by Gasteiger charge is 2.04. The van der Waals surface area contributed by atoms with Crippen LogP contribution in [0.25, 0.3) is 0 Å². The number of halogens is 1. The first-order valence-electron chi connectivity index (χ1n) is 7.53. The highest BCUT2D eigenvalue weighted by atomic mass is 35.5. The number of hydrogen-bond acceptors (Lipinski definition) is 3. The predicted octanol–water partition coefficient (Wildman–Crippen LogP) is 2.80. The quantitative estimate of drug-likeness (QED) is 0.781. The van der Waals surface area contributed by atoms with E-state index in [2.05, 4.69) is 10.6 Å². The van der Waals surface area contributed by atoms with Crippen LogP contribution in [0.5, 0.6) is 5.75 Å². The second-order valence-electron chi connectivity index (χ2n) is 5.15. The number of methoxy groups -OCH3 is 1. The molecule has 4 nitrogen and oxygen atoms in total. The first-order chi connectivity index (χ1) is 11.2. The van der Waals surface area contributed by atoms with E-state index >= 15 is 0 Å². The summed E-state index contributed by atoms with van der Waals surface area (Å²) in [6, 6.07) is 15.4. The smallest absolute Gasteiger partial charge is 0.233 e. The zero-order valence-corrected chi connectivity index (χ0v) is 13.9. The highest BCUT2D eigenvalue weighted by Crippen LogP contribution is 2.16. The monoisotopic (exact) mass is 332 g/mol. The Bertz CT molecular complexity index is 646. The Morgan fingerprint density at radius 3 is 2.78 bits per heavy atom. The van der Waals surface area contributed by atoms with Gasteiger partial charge in [0.1, 0.15) is 5.75 Å². The van der Waals surface area contributed by atoms with E-state index in [1.54, 1.807) is 7.11 Å². The molecule has 2 aromatic rings. The van der Waals surface area contributed by atoms with Crippen LogP contribution in [0.2, 0.25) is 5.02 Å². The van der Waals surface area contributed by atoms with Crippen LogP contribution in [0.15, 0.2) is 48.5 Å². The maximum Gasteiger partial charge on any atom is 0.233 e. The first-order valence-corrected chi connectivity index (χ1v) is 7.90. The molecule has 2 aromatic carbocycles. The van der Waals surface area contributed by atoms with Crippen molar-refractivity contribution in [2.24, 2.45) is 0 Å². The fourth-order valence-electron chi connectivity index (χ4n) is 2.26. The highest BCUT2D eigenvalue weighted by molar-refractivity contribution is 6.30. The first kappa shape index (κ1) is 17.3. The van der Waals surface area contributed by atoms with Gasteiger partial charge in [0.2, 0.25) is 5.91 Å². The zero-order chi connectivity index (χ0) is 16.5. The van der Waals surface area contributed by atoms with Gasteiger partial charge in [-0.2, -0.15) is 0 Å². The molecule has 0 radical (unpaired) electrons. The maximum absolute atomic E-state index is 11.8. The summed E-state index contributed by atoms with van der Waals surface area (Å²) in [7, 11) is 1.64. The second kappa shape index (κ2) is 9.18. The van der Waals surface area contributed by atoms with E-state index < -0.39 is 0 Å². The van der Waals surface area contributed by atoms with E-state index in [9.17, 15) is 4.79 Å². The summed E-state index contributed by atoms with van der Waals surface area (Å²) in [4.78, 5) is 11.8. The number of hydrogen-bond donors (Lipinski definition) is 2. The fraction of sp³-hybridized carbons (Fsp3) is 0.278. The summed E-state index contributed by atoms with van der Waals surface area (Å²) < 4.78 is 5.28. The number of nitrogens with one attached hydrogen (secondary N) is 2. The predicted molar refractivity (Wildman–Crippen MR) is 92.9 cm³/mol. The molecule has 0 bridgehead atoms. The van der Waals surface area contributed by atoms with Crippen molar-refractivity contribution in [1.29, 1.82) is 0 Å². The topological polar surface area (TPSA) is 50.4 Å². The van der Waals surface area contributed by atoms with Gasteiger partial charge in [-0.15, -0.1) is 0 Å². The van der Waals surface area contributed by atoms with Gasteiger partial charge >= 0.3 is 0 Å². The third-order valence-corrected chi connectivity index (χ3v) is 3.65. The summed E-state index contributed by atoms with van der Waals surface area (Å²) in [5, 5.41) is 6.73. The number of ether oxygens (including phenoxy) is 1. The normalized spacial score (nSPS) is 10.3. The Kier molecular flexibility index (Phi) is 6.91. The fourth-order valence-corrected chi connectivity index (χ4v) is 2.47. The largest absolute Gasteiger partial charge is 0.496 e. The van der Waals surface area contributed by atoms with Gasteiger partial charge < -0.3 is 15.4 Å². The maximum atomic E-state index is 11.8. The number of carbonyl (C=O) groups excluding carboxylic acids is 1. The van der Waals surface area contributed by atoms with Crippen LogP contribution in [0.3, 0.4) is 0 Å². The van der Waals surface area contributed by atoms with E-state index in [1.165, 1.54) is 0 Å². The summed E-state index contributed by atoms with van der Waals surface area (Å²) in [5.74, 6) is 0.795. The minimum absolute atomic E-state index is 0.0260. The van der Waals surface area contributed by atoms with Gasteiger partial charge in [0.25, 0.3) is 0 Å². The molecule has 0 aliphatic heterocycles. The molecule has 5 heteroatoms. The van der Waals surface area contributed by atoms with Gasteiger partial charge in [0, 0.05) is 23.7 Å². The minimum Gasteiger partial charge on any atom is -0.496 e. The molecule has 122 valence electrons. The summed E-state index contributed by atoms with van der Waals surface area (Å²) >= 11 is 5.93. The number of amides is 1. The molecule has 0 atom stereocenters. The molecule has 2 rings (SSSR count). The Balaban J connectivity index is 1.67. The van der Waals surface area contributed by atoms with E-state index in [-0.39, 0.29) is 12.5 Å². The van der Waals surface area contributed by atoms with Crippen molar-refractivity contribution in [3.05, 3.63) is 64.7 Å². The van der Waals surface area contributed by atoms with Crippen molar-refractivity contribution in [1.82, 2.24) is 10.6 Å². The van der Waals surface area contributed by atoms with E-state index in [4.69, 9.17) is 16.3 Å². The molecule has 0 aromatic heterocycles. The van der Waals surface area contributed by atoms with Crippen molar-refractivity contribution in [3.63, 3.8) is 0 Å². The van der Waals surface area contributed by atoms with E-state index in [0.29, 0.717) is 18.1 Å². The molecule has 0 aliphatic carbocycles. The molecule has 0 unspecified atom stereocenters. The lowest BCUT2D eigenvalue weighted by molar-refractivity contribution is -0.120. The van der Waals surface area contributed by atoms with E-state index in [1.807, 2.05) is 48.5 Å². The Labute approximate surface area is 141 Å². The molecule has 2 N–H and O–H groups in total. The van der Waals surface area contributed by atoms with Gasteiger partial charge in [-0.05, 0) is 30.2 Å². The van der Waals surface area contributed by atoms with Crippen molar-refractivity contribution >= 4 is 17.5 Å². The molecular weight excluding hydrogens is 312 g/mol. The van der Waals surface area contributed by atoms with Crippen LogP contribution in [0.4, 0.5) is 0 Å². The number of rotatable bonds is 8. The summed E-state index contributed by atoms with van der Waals surface area (Å²) in [6.45, 7) is 1.45. The number of para-hydroxylation sites is 1. The van der Waals surface area contributed by atoms with Crippen LogP contribution in [0.1, 0.15) is 11.1 Å². The van der Waals surface area contributed by atoms with Gasteiger partial charge in [0.15, 0.2) is 0 Å². The van der Waals surface area contributed by atoms with Crippen molar-refractivity contribution in [3.8, 4) is 5.75 Å². The average Bonchev–Trinajstić information content (AvgIpc) is 2.55. The minimum atomic E-state index is -0.0260. The van der Waals surface area contributed by atoms with E-state index in [0.717, 1.165) is 23.3 Å². The van der Waals surface area contributed by atoms with Gasteiger partial charge in [0.05, 0.1) is 13.7 Å². The van der Waals surface area contributed by atoms with Crippen LogP contribution in [-0.2, 0) is 17.8 Å². The van der Waals surface area contributed by atoms with Crippen LogP contribution in [-0.4, -0.2) is 26.1 Å². The number of benzene rings is 2. The van der Waals surface area contributed by atoms with Crippen LogP contribution >= 0.6 is 11.6 Å². The molecule has 23 heavy (non-hydrogen) atoms. The third kappa shape index (κ3) is 5.93. The summed E-state index contributed by atoms with van der Waals surface area (Å²) in [5.41, 5.74) is 2.14. The molecule has 0 saturated heterocycles. The lowest BCUT2D eigenvalue weighted by Crippen LogP contribution is -2.34. The molecule has 0 spiro atoms. The molecule has 0 aliphatic rings. The standard InChI is InChI=1S/C18H21ClN2O2/c1-23-17-8-3-2-6-15(17)12-20-13-18(22)21-10-9-14-5-4-7-16(19)11-14/h2-8,11,20H,9-10,12-13H2,1H3,(H,21,22). The Morgan fingerprint density at radius 2 is 2.00 bits per heavy atom. The second-order valence-corrected chi connectivity index (χ2v) is 5.58. The molecule has 0 heterocycles. The van der Waals surface area contributed by atoms with Gasteiger partial charge in [-0.1, -0.05) is 41.9 Å². The molecule has 0 fully saturated rings. The molecule has 1 amide bonds. The molecular formula is C18H21ClN2O2. The average molecular weight is 333 g/mol. The number of carbonyl (C=O) groups is 1. The molecule has 0 saturated carbocycles.